The molecule has 4 rings (SSSR count). The fraction of sp³-hybridized carbons (Fsp3) is 0.241. The fourth-order valence-electron chi connectivity index (χ4n) is 3.77. The van der Waals surface area contributed by atoms with Crippen LogP contribution in [0, 0.1) is 0 Å². The third-order valence-electron chi connectivity index (χ3n) is 5.84. The highest BCUT2D eigenvalue weighted by atomic mass is 16.5. The number of ether oxygens (including phenoxy) is 2. The summed E-state index contributed by atoms with van der Waals surface area (Å²) >= 11 is 0. The summed E-state index contributed by atoms with van der Waals surface area (Å²) in [5, 5.41) is 21.0. The molecule has 2 N–H and O–H groups in total. The van der Waals surface area contributed by atoms with Crippen LogP contribution in [0.4, 0.5) is 0 Å². The summed E-state index contributed by atoms with van der Waals surface area (Å²) in [6.45, 7) is 2.53. The second-order valence-electron chi connectivity index (χ2n) is 8.48. The van der Waals surface area contributed by atoms with Crippen molar-refractivity contribution in [2.75, 3.05) is 13.7 Å². The standard InChI is InChI=1S/C29H29N3O5/c1-3-4-5-8-17-37-29(35)20-13-11-19(12-14-20)26-30-27(22-9-6-7-10-24(22)33)32-28(31-26)23-16-15-21(36-2)18-25(23)34/h6-7,9-16,18,33-34H,3-5,8,17H2,1-2H3. The number of hydrogen-bond donors (Lipinski definition) is 2. The summed E-state index contributed by atoms with van der Waals surface area (Å²) < 4.78 is 10.5. The van der Waals surface area contributed by atoms with Crippen LogP contribution in [0.1, 0.15) is 43.0 Å². The predicted octanol–water partition coefficient (Wildman–Crippen LogP) is 6.03. The van der Waals surface area contributed by atoms with Gasteiger partial charge in [0.2, 0.25) is 0 Å². The average molecular weight is 500 g/mol. The monoisotopic (exact) mass is 499 g/mol. The number of esters is 1. The van der Waals surface area contributed by atoms with E-state index in [2.05, 4.69) is 21.9 Å². The molecule has 0 atom stereocenters. The van der Waals surface area contributed by atoms with E-state index < -0.39 is 0 Å². The van der Waals surface area contributed by atoms with Gasteiger partial charge in [-0.2, -0.15) is 0 Å². The molecule has 0 saturated carbocycles. The van der Waals surface area contributed by atoms with Crippen molar-refractivity contribution in [2.24, 2.45) is 0 Å². The molecule has 8 heteroatoms. The number of aromatic nitrogens is 3. The Hall–Kier alpha value is -4.46. The third-order valence-corrected chi connectivity index (χ3v) is 5.84. The van der Waals surface area contributed by atoms with Crippen molar-refractivity contribution < 1.29 is 24.5 Å². The topological polar surface area (TPSA) is 115 Å². The summed E-state index contributed by atoms with van der Waals surface area (Å²) in [7, 11) is 1.51. The van der Waals surface area contributed by atoms with Gasteiger partial charge in [-0.3, -0.25) is 0 Å². The second-order valence-corrected chi connectivity index (χ2v) is 8.48. The van der Waals surface area contributed by atoms with Crippen LogP contribution in [0.25, 0.3) is 34.2 Å². The molecule has 0 aliphatic carbocycles. The zero-order valence-electron chi connectivity index (χ0n) is 20.8. The molecule has 0 bridgehead atoms. The molecule has 37 heavy (non-hydrogen) atoms. The molecule has 0 amide bonds. The smallest absolute Gasteiger partial charge is 0.338 e. The summed E-state index contributed by atoms with van der Waals surface area (Å²) in [6, 6.07) is 18.3. The van der Waals surface area contributed by atoms with Gasteiger partial charge in [0, 0.05) is 11.6 Å². The quantitative estimate of drug-likeness (QED) is 0.201. The first-order valence-electron chi connectivity index (χ1n) is 12.2. The number of aromatic hydroxyl groups is 2. The molecule has 1 heterocycles. The number of phenols is 2. The summed E-state index contributed by atoms with van der Waals surface area (Å²) in [6.07, 6.45) is 4.13. The van der Waals surface area contributed by atoms with Crippen LogP contribution in [-0.2, 0) is 4.74 Å². The van der Waals surface area contributed by atoms with E-state index in [9.17, 15) is 15.0 Å². The van der Waals surface area contributed by atoms with Crippen LogP contribution in [0.2, 0.25) is 0 Å². The Balaban J connectivity index is 1.68. The number of hydrogen-bond acceptors (Lipinski definition) is 8. The highest BCUT2D eigenvalue weighted by Crippen LogP contribution is 2.34. The Morgan fingerprint density at radius 3 is 2.11 bits per heavy atom. The number of unbranched alkanes of at least 4 members (excludes halogenated alkanes) is 3. The van der Waals surface area contributed by atoms with Crippen molar-refractivity contribution >= 4 is 5.97 Å². The Labute approximate surface area is 215 Å². The van der Waals surface area contributed by atoms with E-state index in [4.69, 9.17) is 9.47 Å². The SMILES string of the molecule is CCCCCCOC(=O)c1ccc(-c2nc(-c3ccccc3O)nc(-c3ccc(OC)cc3O)n2)cc1. The molecule has 0 aliphatic rings. The molecular weight excluding hydrogens is 470 g/mol. The lowest BCUT2D eigenvalue weighted by Crippen LogP contribution is -2.06. The van der Waals surface area contributed by atoms with Crippen molar-refractivity contribution in [3.63, 3.8) is 0 Å². The van der Waals surface area contributed by atoms with E-state index in [1.54, 1.807) is 60.7 Å². The summed E-state index contributed by atoms with van der Waals surface area (Å²) in [5.74, 6) is 0.848. The van der Waals surface area contributed by atoms with Crippen molar-refractivity contribution in [1.29, 1.82) is 0 Å². The summed E-state index contributed by atoms with van der Waals surface area (Å²) in [5.41, 5.74) is 1.86. The number of benzene rings is 3. The number of rotatable bonds is 10. The van der Waals surface area contributed by atoms with Gasteiger partial charge in [-0.15, -0.1) is 0 Å². The molecule has 190 valence electrons. The maximum Gasteiger partial charge on any atom is 0.338 e. The molecule has 0 saturated heterocycles. The Morgan fingerprint density at radius 2 is 1.46 bits per heavy atom. The van der Waals surface area contributed by atoms with E-state index in [1.807, 2.05) is 0 Å². The Morgan fingerprint density at radius 1 is 0.784 bits per heavy atom. The molecule has 0 radical (unpaired) electrons. The normalized spacial score (nSPS) is 10.8. The number of carbonyl (C=O) groups excluding carboxylic acids is 1. The summed E-state index contributed by atoms with van der Waals surface area (Å²) in [4.78, 5) is 26.1. The zero-order valence-corrected chi connectivity index (χ0v) is 20.8. The van der Waals surface area contributed by atoms with Gasteiger partial charge >= 0.3 is 5.97 Å². The zero-order chi connectivity index (χ0) is 26.2. The molecule has 0 spiro atoms. The van der Waals surface area contributed by atoms with Crippen LogP contribution in [-0.4, -0.2) is 44.9 Å². The van der Waals surface area contributed by atoms with Crippen molar-refractivity contribution in [1.82, 2.24) is 15.0 Å². The molecule has 8 nitrogen and oxygen atoms in total. The van der Waals surface area contributed by atoms with Crippen molar-refractivity contribution in [3.8, 4) is 51.4 Å². The van der Waals surface area contributed by atoms with Gasteiger partial charge in [0.25, 0.3) is 0 Å². The minimum Gasteiger partial charge on any atom is -0.507 e. The average Bonchev–Trinajstić information content (AvgIpc) is 2.92. The Kier molecular flexibility index (Phi) is 8.30. The largest absolute Gasteiger partial charge is 0.507 e. The molecule has 3 aromatic carbocycles. The van der Waals surface area contributed by atoms with Gasteiger partial charge in [-0.05, 0) is 42.8 Å². The molecule has 0 unspecified atom stereocenters. The first kappa shape index (κ1) is 25.6. The molecule has 0 aliphatic heterocycles. The minimum absolute atomic E-state index is 0.0154. The molecule has 0 fully saturated rings. The van der Waals surface area contributed by atoms with Crippen molar-refractivity contribution in [2.45, 2.75) is 32.6 Å². The van der Waals surface area contributed by atoms with Crippen LogP contribution in [0.5, 0.6) is 17.2 Å². The first-order chi connectivity index (χ1) is 18.0. The maximum absolute atomic E-state index is 12.4. The molecule has 1 aromatic heterocycles. The van der Waals surface area contributed by atoms with Gasteiger partial charge < -0.3 is 19.7 Å². The lowest BCUT2D eigenvalue weighted by molar-refractivity contribution is 0.0498. The maximum atomic E-state index is 12.4. The molecular formula is C29H29N3O5. The fourth-order valence-corrected chi connectivity index (χ4v) is 3.77. The van der Waals surface area contributed by atoms with Crippen LogP contribution in [0.15, 0.2) is 66.7 Å². The van der Waals surface area contributed by atoms with Gasteiger partial charge in [0.1, 0.15) is 17.2 Å². The first-order valence-corrected chi connectivity index (χ1v) is 12.2. The van der Waals surface area contributed by atoms with E-state index >= 15 is 0 Å². The number of carbonyl (C=O) groups is 1. The van der Waals surface area contributed by atoms with Gasteiger partial charge in [0.05, 0.1) is 30.4 Å². The Bertz CT molecular complexity index is 1370. The highest BCUT2D eigenvalue weighted by Gasteiger charge is 2.17. The molecule has 4 aromatic rings. The van der Waals surface area contributed by atoms with E-state index in [-0.39, 0.29) is 29.1 Å². The van der Waals surface area contributed by atoms with Crippen LogP contribution >= 0.6 is 0 Å². The number of para-hydroxylation sites is 1. The van der Waals surface area contributed by atoms with Gasteiger partial charge in [0.15, 0.2) is 17.5 Å². The van der Waals surface area contributed by atoms with Gasteiger partial charge in [-0.25, -0.2) is 19.7 Å². The van der Waals surface area contributed by atoms with Crippen molar-refractivity contribution in [3.05, 3.63) is 72.3 Å². The number of methoxy groups -OCH3 is 1. The van der Waals surface area contributed by atoms with E-state index in [1.165, 1.54) is 13.2 Å². The third kappa shape index (κ3) is 6.22. The number of phenolic OH excluding ortho intramolecular Hbond substituents is 2. The minimum atomic E-state index is -0.377. The lowest BCUT2D eigenvalue weighted by Gasteiger charge is -2.11. The highest BCUT2D eigenvalue weighted by molar-refractivity contribution is 5.90. The van der Waals surface area contributed by atoms with Crippen LogP contribution < -0.4 is 4.74 Å². The number of nitrogens with zero attached hydrogens (tertiary/aromatic N) is 3. The lowest BCUT2D eigenvalue weighted by atomic mass is 10.1. The predicted molar refractivity (Wildman–Crippen MR) is 140 cm³/mol. The van der Waals surface area contributed by atoms with E-state index in [0.717, 1.165) is 25.7 Å². The second kappa shape index (κ2) is 12.0. The van der Waals surface area contributed by atoms with Crippen LogP contribution in [0.3, 0.4) is 0 Å². The van der Waals surface area contributed by atoms with E-state index in [0.29, 0.717) is 40.4 Å². The van der Waals surface area contributed by atoms with Gasteiger partial charge in [-0.1, -0.05) is 50.5 Å².